The molecule has 5 nitrogen and oxygen atoms in total. The van der Waals surface area contributed by atoms with E-state index in [1.165, 1.54) is 10.9 Å². The molecule has 0 bridgehead atoms. The third kappa shape index (κ3) is 6.36. The van der Waals surface area contributed by atoms with E-state index in [0.29, 0.717) is 17.1 Å². The summed E-state index contributed by atoms with van der Waals surface area (Å²) in [5.74, 6) is -0.358. The molecule has 160 valence electrons. The fourth-order valence-electron chi connectivity index (χ4n) is 3.07. The van der Waals surface area contributed by atoms with Gasteiger partial charge in [0.05, 0.1) is 6.54 Å². The van der Waals surface area contributed by atoms with Crippen LogP contribution < -0.4 is 5.32 Å². The third-order valence-corrected chi connectivity index (χ3v) is 5.06. The van der Waals surface area contributed by atoms with Gasteiger partial charge in [-0.25, -0.2) is 4.39 Å². The normalized spacial score (nSPS) is 11.2. The lowest BCUT2D eigenvalue weighted by Crippen LogP contribution is -2.17. The van der Waals surface area contributed by atoms with Crippen molar-refractivity contribution in [2.45, 2.75) is 39.3 Å². The molecular weight excluding hydrogens is 403 g/mol. The summed E-state index contributed by atoms with van der Waals surface area (Å²) in [6.45, 7) is 5.30. The number of hydrogen-bond acceptors (Lipinski definition) is 4. The molecule has 3 rings (SSSR count). The first-order valence-corrected chi connectivity index (χ1v) is 10.8. The molecule has 0 aliphatic heterocycles. The zero-order chi connectivity index (χ0) is 21.2. The Labute approximate surface area is 182 Å². The Morgan fingerprint density at radius 3 is 2.60 bits per heavy atom. The number of unbranched alkanes of at least 4 members (excludes halogenated alkanes) is 1. The molecule has 1 N–H and O–H groups in total. The van der Waals surface area contributed by atoms with E-state index < -0.39 is 0 Å². The fourth-order valence-corrected chi connectivity index (χ4v) is 3.29. The van der Waals surface area contributed by atoms with Gasteiger partial charge in [0.15, 0.2) is 0 Å². The first kappa shape index (κ1) is 22.4. The predicted molar refractivity (Wildman–Crippen MR) is 118 cm³/mol. The summed E-state index contributed by atoms with van der Waals surface area (Å²) in [5, 5.41) is 13.0. The quantitative estimate of drug-likeness (QED) is 0.407. The van der Waals surface area contributed by atoms with E-state index in [1.807, 2.05) is 30.3 Å². The van der Waals surface area contributed by atoms with Gasteiger partial charge < -0.3 is 10.1 Å². The molecule has 0 amide bonds. The number of nitrogens with one attached hydrogen (secondary N) is 1. The van der Waals surface area contributed by atoms with Crippen LogP contribution in [0, 0.1) is 5.82 Å². The van der Waals surface area contributed by atoms with Gasteiger partial charge in [-0.2, -0.15) is 15.0 Å². The SMILES string of the molecule is CCCCOCCCNCc1nn(Cc2c(F)cccc2Cl)nc1-c1ccccc1. The molecule has 0 unspecified atom stereocenters. The van der Waals surface area contributed by atoms with Crippen LogP contribution in [-0.2, 0) is 17.8 Å². The molecule has 0 saturated heterocycles. The van der Waals surface area contributed by atoms with Crippen LogP contribution in [0.3, 0.4) is 0 Å². The highest BCUT2D eigenvalue weighted by Crippen LogP contribution is 2.23. The molecule has 0 atom stereocenters. The minimum atomic E-state index is -0.358. The second-order valence-corrected chi connectivity index (χ2v) is 7.50. The van der Waals surface area contributed by atoms with Gasteiger partial charge in [-0.3, -0.25) is 0 Å². The van der Waals surface area contributed by atoms with Gasteiger partial charge in [0.25, 0.3) is 0 Å². The summed E-state index contributed by atoms with van der Waals surface area (Å²) in [7, 11) is 0. The minimum Gasteiger partial charge on any atom is -0.381 e. The second-order valence-electron chi connectivity index (χ2n) is 7.09. The summed E-state index contributed by atoms with van der Waals surface area (Å²) in [6, 6.07) is 14.5. The highest BCUT2D eigenvalue weighted by atomic mass is 35.5. The smallest absolute Gasteiger partial charge is 0.129 e. The van der Waals surface area contributed by atoms with Crippen LogP contribution in [0.4, 0.5) is 4.39 Å². The van der Waals surface area contributed by atoms with Crippen LogP contribution in [0.5, 0.6) is 0 Å². The molecule has 3 aromatic rings. The maximum atomic E-state index is 14.2. The van der Waals surface area contributed by atoms with Gasteiger partial charge in [-0.05, 0) is 31.5 Å². The number of halogens is 2. The van der Waals surface area contributed by atoms with Gasteiger partial charge >= 0.3 is 0 Å². The average Bonchev–Trinajstić information content (AvgIpc) is 3.16. The summed E-state index contributed by atoms with van der Waals surface area (Å²) < 4.78 is 19.8. The molecule has 2 aromatic carbocycles. The van der Waals surface area contributed by atoms with Crippen molar-refractivity contribution < 1.29 is 9.13 Å². The molecular formula is C23H28ClFN4O. The van der Waals surface area contributed by atoms with E-state index in [9.17, 15) is 4.39 Å². The van der Waals surface area contributed by atoms with Gasteiger partial charge in [0.2, 0.25) is 0 Å². The Morgan fingerprint density at radius 2 is 1.83 bits per heavy atom. The monoisotopic (exact) mass is 430 g/mol. The number of benzene rings is 2. The summed E-state index contributed by atoms with van der Waals surface area (Å²) >= 11 is 6.17. The molecule has 0 aliphatic rings. The molecule has 0 saturated carbocycles. The average molecular weight is 431 g/mol. The zero-order valence-corrected chi connectivity index (χ0v) is 18.0. The standard InChI is InChI=1S/C23H28ClFN4O/c1-2-3-14-30-15-8-13-26-16-22-23(18-9-5-4-6-10-18)28-29(27-22)17-19-20(24)11-7-12-21(19)25/h4-7,9-12,26H,2-3,8,13-17H2,1H3. The second kappa shape index (κ2) is 11.8. The molecule has 30 heavy (non-hydrogen) atoms. The van der Waals surface area contributed by atoms with Crippen molar-refractivity contribution >= 4 is 11.6 Å². The Balaban J connectivity index is 1.67. The topological polar surface area (TPSA) is 52.0 Å². The van der Waals surface area contributed by atoms with Gasteiger partial charge in [-0.15, -0.1) is 0 Å². The molecule has 0 fully saturated rings. The summed E-state index contributed by atoms with van der Waals surface area (Å²) in [6.07, 6.45) is 3.18. The van der Waals surface area contributed by atoms with Crippen molar-refractivity contribution in [3.63, 3.8) is 0 Å². The molecule has 0 aliphatic carbocycles. The summed E-state index contributed by atoms with van der Waals surface area (Å²) in [5.41, 5.74) is 2.97. The van der Waals surface area contributed by atoms with E-state index in [2.05, 4.69) is 22.4 Å². The third-order valence-electron chi connectivity index (χ3n) is 4.71. The number of aromatic nitrogens is 3. The first-order chi connectivity index (χ1) is 14.7. The Bertz CT molecular complexity index is 897. The van der Waals surface area contributed by atoms with Crippen molar-refractivity contribution in [1.82, 2.24) is 20.3 Å². The van der Waals surface area contributed by atoms with Crippen molar-refractivity contribution in [2.75, 3.05) is 19.8 Å². The van der Waals surface area contributed by atoms with Crippen LogP contribution in [0.2, 0.25) is 5.02 Å². The lowest BCUT2D eigenvalue weighted by molar-refractivity contribution is 0.128. The number of ether oxygens (including phenoxy) is 1. The molecule has 0 spiro atoms. The van der Waals surface area contributed by atoms with Gasteiger partial charge in [0.1, 0.15) is 17.2 Å². The van der Waals surface area contributed by atoms with Crippen molar-refractivity contribution in [2.24, 2.45) is 0 Å². The van der Waals surface area contributed by atoms with Crippen molar-refractivity contribution in [3.05, 3.63) is 70.6 Å². The molecule has 0 radical (unpaired) electrons. The lowest BCUT2D eigenvalue weighted by Gasteiger charge is -2.05. The number of nitrogens with zero attached hydrogens (tertiary/aromatic N) is 3. The number of hydrogen-bond donors (Lipinski definition) is 1. The van der Waals surface area contributed by atoms with E-state index >= 15 is 0 Å². The van der Waals surface area contributed by atoms with Crippen LogP contribution in [0.25, 0.3) is 11.3 Å². The van der Waals surface area contributed by atoms with Gasteiger partial charge in [0, 0.05) is 35.9 Å². The van der Waals surface area contributed by atoms with Crippen molar-refractivity contribution in [1.29, 1.82) is 0 Å². The first-order valence-electron chi connectivity index (χ1n) is 10.4. The van der Waals surface area contributed by atoms with Crippen LogP contribution in [-0.4, -0.2) is 34.8 Å². The van der Waals surface area contributed by atoms with Gasteiger partial charge in [-0.1, -0.05) is 61.3 Å². The van der Waals surface area contributed by atoms with E-state index in [4.69, 9.17) is 16.3 Å². The maximum Gasteiger partial charge on any atom is 0.129 e. The van der Waals surface area contributed by atoms with E-state index in [1.54, 1.807) is 12.1 Å². The minimum absolute atomic E-state index is 0.177. The summed E-state index contributed by atoms with van der Waals surface area (Å²) in [4.78, 5) is 1.51. The largest absolute Gasteiger partial charge is 0.381 e. The fraction of sp³-hybridized carbons (Fsp3) is 0.391. The van der Waals surface area contributed by atoms with E-state index in [-0.39, 0.29) is 12.4 Å². The Kier molecular flexibility index (Phi) is 8.81. The highest BCUT2D eigenvalue weighted by Gasteiger charge is 2.15. The number of rotatable bonds is 12. The van der Waals surface area contributed by atoms with Crippen LogP contribution in [0.15, 0.2) is 48.5 Å². The van der Waals surface area contributed by atoms with E-state index in [0.717, 1.165) is 56.0 Å². The predicted octanol–water partition coefficient (Wildman–Crippen LogP) is 5.08. The Hall–Kier alpha value is -2.28. The molecule has 7 heteroatoms. The molecule has 1 aromatic heterocycles. The lowest BCUT2D eigenvalue weighted by atomic mass is 10.1. The van der Waals surface area contributed by atoms with Crippen LogP contribution in [0.1, 0.15) is 37.4 Å². The van der Waals surface area contributed by atoms with Crippen LogP contribution >= 0.6 is 11.6 Å². The molecule has 1 heterocycles. The highest BCUT2D eigenvalue weighted by molar-refractivity contribution is 6.31. The Morgan fingerprint density at radius 1 is 1.03 bits per heavy atom. The van der Waals surface area contributed by atoms with Crippen molar-refractivity contribution in [3.8, 4) is 11.3 Å². The maximum absolute atomic E-state index is 14.2. The zero-order valence-electron chi connectivity index (χ0n) is 17.3.